The zero-order valence-electron chi connectivity index (χ0n) is 9.00. The smallest absolute Gasteiger partial charge is 0.0443 e. The molecule has 0 aromatic carbocycles. The summed E-state index contributed by atoms with van der Waals surface area (Å²) in [5.41, 5.74) is 5.43. The van der Waals surface area contributed by atoms with Crippen molar-refractivity contribution in [3.63, 3.8) is 0 Å². The highest BCUT2D eigenvalue weighted by atomic mass is 16.3. The molecule has 0 aromatic heterocycles. The molecule has 0 spiro atoms. The van der Waals surface area contributed by atoms with Crippen molar-refractivity contribution in [2.24, 2.45) is 5.73 Å². The molecule has 0 atom stereocenters. The summed E-state index contributed by atoms with van der Waals surface area (Å²) in [7, 11) is 0. The molecule has 0 rings (SSSR count). The van der Waals surface area contributed by atoms with Crippen molar-refractivity contribution in [3.05, 3.63) is 0 Å². The average molecular weight is 188 g/mol. The number of hydrogen-bond acceptors (Lipinski definition) is 3. The minimum Gasteiger partial charge on any atom is -0.396 e. The fourth-order valence-corrected chi connectivity index (χ4v) is 1.36. The van der Waals surface area contributed by atoms with Gasteiger partial charge in [-0.1, -0.05) is 0 Å². The summed E-state index contributed by atoms with van der Waals surface area (Å²) < 4.78 is 0. The molecule has 0 saturated carbocycles. The summed E-state index contributed by atoms with van der Waals surface area (Å²) in [5, 5.41) is 8.72. The van der Waals surface area contributed by atoms with E-state index in [1.807, 2.05) is 0 Å². The largest absolute Gasteiger partial charge is 0.396 e. The van der Waals surface area contributed by atoms with E-state index in [1.165, 1.54) is 6.42 Å². The van der Waals surface area contributed by atoms with Crippen LogP contribution in [-0.2, 0) is 0 Å². The molecule has 3 heteroatoms. The van der Waals surface area contributed by atoms with Gasteiger partial charge in [-0.15, -0.1) is 0 Å². The van der Waals surface area contributed by atoms with Crippen molar-refractivity contribution in [2.75, 3.05) is 26.2 Å². The Labute approximate surface area is 81.9 Å². The fourth-order valence-electron chi connectivity index (χ4n) is 1.36. The molecule has 3 nitrogen and oxygen atoms in total. The van der Waals surface area contributed by atoms with Crippen molar-refractivity contribution in [3.8, 4) is 0 Å². The Morgan fingerprint density at radius 3 is 2.23 bits per heavy atom. The molecule has 0 aliphatic rings. The molecule has 0 saturated heterocycles. The molecule has 80 valence electrons. The molecule has 0 aliphatic heterocycles. The molecule has 0 heterocycles. The zero-order chi connectivity index (χ0) is 10.1. The van der Waals surface area contributed by atoms with Crippen LogP contribution in [0.4, 0.5) is 0 Å². The Kier molecular flexibility index (Phi) is 8.40. The van der Waals surface area contributed by atoms with Gasteiger partial charge >= 0.3 is 0 Å². The van der Waals surface area contributed by atoms with Crippen molar-refractivity contribution in [1.29, 1.82) is 0 Å². The topological polar surface area (TPSA) is 49.5 Å². The quantitative estimate of drug-likeness (QED) is 0.554. The van der Waals surface area contributed by atoms with Crippen LogP contribution in [0.15, 0.2) is 0 Å². The standard InChI is InChI=1S/C10H24N2O/c1-10(2)12(8-5-9-13)7-4-3-6-11/h10,13H,3-9,11H2,1-2H3. The van der Waals surface area contributed by atoms with E-state index >= 15 is 0 Å². The Hall–Kier alpha value is -0.120. The molecule has 3 N–H and O–H groups in total. The second-order valence-electron chi connectivity index (χ2n) is 3.70. The van der Waals surface area contributed by atoms with E-state index in [1.54, 1.807) is 0 Å². The molecule has 0 unspecified atom stereocenters. The fraction of sp³-hybridized carbons (Fsp3) is 1.00. The van der Waals surface area contributed by atoms with Crippen molar-refractivity contribution in [1.82, 2.24) is 4.90 Å². The van der Waals surface area contributed by atoms with Crippen LogP contribution >= 0.6 is 0 Å². The summed E-state index contributed by atoms with van der Waals surface area (Å²) in [6, 6.07) is 0.573. The number of nitrogens with two attached hydrogens (primary N) is 1. The van der Waals surface area contributed by atoms with Gasteiger partial charge in [-0.3, -0.25) is 0 Å². The maximum Gasteiger partial charge on any atom is 0.0443 e. The molecule has 0 bridgehead atoms. The first-order valence-corrected chi connectivity index (χ1v) is 5.27. The van der Waals surface area contributed by atoms with Crippen LogP contribution in [0.5, 0.6) is 0 Å². The van der Waals surface area contributed by atoms with Gasteiger partial charge in [0.25, 0.3) is 0 Å². The van der Waals surface area contributed by atoms with Crippen LogP contribution in [-0.4, -0.2) is 42.3 Å². The summed E-state index contributed by atoms with van der Waals surface area (Å²) >= 11 is 0. The monoisotopic (exact) mass is 188 g/mol. The predicted molar refractivity (Wildman–Crippen MR) is 56.7 cm³/mol. The van der Waals surface area contributed by atoms with Crippen molar-refractivity contribution in [2.45, 2.75) is 39.2 Å². The summed E-state index contributed by atoms with van der Waals surface area (Å²) in [4.78, 5) is 2.39. The van der Waals surface area contributed by atoms with Crippen molar-refractivity contribution >= 4 is 0 Å². The van der Waals surface area contributed by atoms with Gasteiger partial charge in [-0.2, -0.15) is 0 Å². The van der Waals surface area contributed by atoms with Gasteiger partial charge in [0.2, 0.25) is 0 Å². The van der Waals surface area contributed by atoms with E-state index in [0.717, 1.165) is 32.5 Å². The normalized spacial score (nSPS) is 11.5. The minimum absolute atomic E-state index is 0.292. The number of nitrogens with zero attached hydrogens (tertiary/aromatic N) is 1. The third-order valence-electron chi connectivity index (χ3n) is 2.23. The zero-order valence-corrected chi connectivity index (χ0v) is 9.00. The Bertz CT molecular complexity index is 107. The Morgan fingerprint density at radius 2 is 1.77 bits per heavy atom. The third-order valence-corrected chi connectivity index (χ3v) is 2.23. The maximum absolute atomic E-state index is 8.72. The second kappa shape index (κ2) is 8.48. The van der Waals surface area contributed by atoms with E-state index in [4.69, 9.17) is 10.8 Å². The number of hydrogen-bond donors (Lipinski definition) is 2. The SMILES string of the molecule is CC(C)N(CCCO)CCCCN. The first-order chi connectivity index (χ1) is 6.22. The van der Waals surface area contributed by atoms with E-state index in [0.29, 0.717) is 12.6 Å². The molecule has 0 aromatic rings. The van der Waals surface area contributed by atoms with Crippen LogP contribution < -0.4 is 5.73 Å². The highest BCUT2D eigenvalue weighted by molar-refractivity contribution is 4.62. The highest BCUT2D eigenvalue weighted by Gasteiger charge is 2.07. The molecular weight excluding hydrogens is 164 g/mol. The molecule has 0 aliphatic carbocycles. The van der Waals surface area contributed by atoms with Gasteiger partial charge in [-0.25, -0.2) is 0 Å². The lowest BCUT2D eigenvalue weighted by Crippen LogP contribution is -2.33. The molecular formula is C10H24N2O. The van der Waals surface area contributed by atoms with Gasteiger partial charge in [0.1, 0.15) is 0 Å². The average Bonchev–Trinajstić information content (AvgIpc) is 2.10. The van der Waals surface area contributed by atoms with Crippen molar-refractivity contribution < 1.29 is 5.11 Å². The van der Waals surface area contributed by atoms with Crippen LogP contribution in [0, 0.1) is 0 Å². The van der Waals surface area contributed by atoms with Crippen LogP contribution in [0.1, 0.15) is 33.1 Å². The number of unbranched alkanes of at least 4 members (excludes halogenated alkanes) is 1. The van der Waals surface area contributed by atoms with Crippen LogP contribution in [0.2, 0.25) is 0 Å². The third kappa shape index (κ3) is 6.99. The lowest BCUT2D eigenvalue weighted by molar-refractivity contribution is 0.189. The Balaban J connectivity index is 3.54. The lowest BCUT2D eigenvalue weighted by atomic mass is 10.2. The van der Waals surface area contributed by atoms with Crippen LogP contribution in [0.25, 0.3) is 0 Å². The van der Waals surface area contributed by atoms with Gasteiger partial charge in [-0.05, 0) is 46.2 Å². The first-order valence-electron chi connectivity index (χ1n) is 5.27. The van der Waals surface area contributed by atoms with Crippen LogP contribution in [0.3, 0.4) is 0 Å². The van der Waals surface area contributed by atoms with E-state index in [2.05, 4.69) is 18.7 Å². The maximum atomic E-state index is 8.72. The summed E-state index contributed by atoms with van der Waals surface area (Å²) in [6.45, 7) is 7.57. The molecule has 13 heavy (non-hydrogen) atoms. The van der Waals surface area contributed by atoms with Gasteiger partial charge in [0.05, 0.1) is 0 Å². The van der Waals surface area contributed by atoms with Gasteiger partial charge in [0.15, 0.2) is 0 Å². The lowest BCUT2D eigenvalue weighted by Gasteiger charge is -2.25. The van der Waals surface area contributed by atoms with Gasteiger partial charge in [0, 0.05) is 19.2 Å². The second-order valence-corrected chi connectivity index (χ2v) is 3.70. The first kappa shape index (κ1) is 12.9. The molecule has 0 amide bonds. The van der Waals surface area contributed by atoms with Gasteiger partial charge < -0.3 is 15.7 Å². The Morgan fingerprint density at radius 1 is 1.15 bits per heavy atom. The van der Waals surface area contributed by atoms with E-state index in [9.17, 15) is 0 Å². The summed E-state index contributed by atoms with van der Waals surface area (Å²) in [6.07, 6.45) is 3.14. The predicted octanol–water partition coefficient (Wildman–Crippen LogP) is 0.818. The molecule has 0 fully saturated rings. The number of aliphatic hydroxyl groups is 1. The summed E-state index contributed by atoms with van der Waals surface area (Å²) in [5.74, 6) is 0. The number of rotatable bonds is 8. The highest BCUT2D eigenvalue weighted by Crippen LogP contribution is 2.02. The molecule has 0 radical (unpaired) electrons. The number of aliphatic hydroxyl groups excluding tert-OH is 1. The van der Waals surface area contributed by atoms with E-state index < -0.39 is 0 Å². The minimum atomic E-state index is 0.292. The van der Waals surface area contributed by atoms with E-state index in [-0.39, 0.29) is 0 Å².